The number of nitrogen functional groups attached to an aromatic ring is 1. The average Bonchev–Trinajstić information content (AvgIpc) is 2.69. The van der Waals surface area contributed by atoms with Crippen LogP contribution in [0.15, 0.2) is 30.5 Å². The number of nitrogens with zero attached hydrogens (tertiary/aromatic N) is 1. The zero-order chi connectivity index (χ0) is 14.0. The Hall–Kier alpha value is -2.14. The summed E-state index contributed by atoms with van der Waals surface area (Å²) in [5.74, 6) is 0.309. The number of hydrogen-bond acceptors (Lipinski definition) is 3. The molecule has 0 radical (unpaired) electrons. The average molecular weight is 280 g/mol. The van der Waals surface area contributed by atoms with Gasteiger partial charge in [0.1, 0.15) is 11.4 Å². The molecule has 0 fully saturated rings. The fourth-order valence-corrected chi connectivity index (χ4v) is 2.01. The monoisotopic (exact) mass is 279 g/mol. The van der Waals surface area contributed by atoms with Crippen LogP contribution in [0, 0.1) is 0 Å². The van der Waals surface area contributed by atoms with Crippen molar-refractivity contribution in [1.82, 2.24) is 4.57 Å². The standard InChI is InChI=1S/C13H14ClN3O2/c1-17-7-8(15)5-11(17)13(18)16-9-3-4-12(19-2)10(14)6-9/h3-7H,15H2,1-2H3,(H,16,18). The van der Waals surface area contributed by atoms with Crippen molar-refractivity contribution in [2.24, 2.45) is 7.05 Å². The van der Waals surface area contributed by atoms with E-state index < -0.39 is 0 Å². The number of carbonyl (C=O) groups is 1. The molecule has 1 aromatic carbocycles. The minimum absolute atomic E-state index is 0.250. The summed E-state index contributed by atoms with van der Waals surface area (Å²) in [5, 5.41) is 3.19. The summed E-state index contributed by atoms with van der Waals surface area (Å²) in [4.78, 5) is 12.1. The molecular weight excluding hydrogens is 266 g/mol. The molecule has 0 aliphatic heterocycles. The molecule has 1 heterocycles. The molecule has 0 saturated carbocycles. The number of amides is 1. The molecule has 19 heavy (non-hydrogen) atoms. The summed E-state index contributed by atoms with van der Waals surface area (Å²) in [6.45, 7) is 0. The quantitative estimate of drug-likeness (QED) is 0.907. The summed E-state index contributed by atoms with van der Waals surface area (Å²) >= 11 is 5.99. The minimum atomic E-state index is -0.250. The topological polar surface area (TPSA) is 69.3 Å². The maximum Gasteiger partial charge on any atom is 0.272 e. The highest BCUT2D eigenvalue weighted by Gasteiger charge is 2.12. The van der Waals surface area contributed by atoms with E-state index in [2.05, 4.69) is 5.32 Å². The van der Waals surface area contributed by atoms with Gasteiger partial charge < -0.3 is 20.4 Å². The van der Waals surface area contributed by atoms with E-state index in [0.29, 0.717) is 27.8 Å². The van der Waals surface area contributed by atoms with Gasteiger partial charge in [-0.25, -0.2) is 0 Å². The molecule has 0 aliphatic carbocycles. The van der Waals surface area contributed by atoms with Gasteiger partial charge in [-0.05, 0) is 24.3 Å². The van der Waals surface area contributed by atoms with E-state index in [4.69, 9.17) is 22.1 Å². The Morgan fingerprint density at radius 1 is 1.42 bits per heavy atom. The van der Waals surface area contributed by atoms with E-state index in [1.807, 2.05) is 0 Å². The molecule has 0 unspecified atom stereocenters. The van der Waals surface area contributed by atoms with Crippen molar-refractivity contribution >= 4 is 28.9 Å². The highest BCUT2D eigenvalue weighted by Crippen LogP contribution is 2.27. The van der Waals surface area contributed by atoms with Gasteiger partial charge in [-0.3, -0.25) is 4.79 Å². The van der Waals surface area contributed by atoms with Crippen LogP contribution in [0.4, 0.5) is 11.4 Å². The van der Waals surface area contributed by atoms with Crippen LogP contribution < -0.4 is 15.8 Å². The molecule has 1 aromatic heterocycles. The Balaban J connectivity index is 2.19. The first-order valence-corrected chi connectivity index (χ1v) is 5.96. The van der Waals surface area contributed by atoms with E-state index in [1.54, 1.807) is 42.1 Å². The van der Waals surface area contributed by atoms with Gasteiger partial charge in [-0.15, -0.1) is 0 Å². The number of aromatic nitrogens is 1. The number of anilines is 2. The lowest BCUT2D eigenvalue weighted by Crippen LogP contribution is -2.15. The smallest absolute Gasteiger partial charge is 0.272 e. The van der Waals surface area contributed by atoms with E-state index in [1.165, 1.54) is 7.11 Å². The van der Waals surface area contributed by atoms with Crippen LogP contribution in [-0.2, 0) is 7.05 Å². The third kappa shape index (κ3) is 2.82. The maximum atomic E-state index is 12.1. The second-order valence-corrected chi connectivity index (χ2v) is 4.48. The summed E-state index contributed by atoms with van der Waals surface area (Å²) < 4.78 is 6.71. The molecule has 2 aromatic rings. The van der Waals surface area contributed by atoms with Crippen LogP contribution in [0.1, 0.15) is 10.5 Å². The molecule has 0 aliphatic rings. The van der Waals surface area contributed by atoms with E-state index >= 15 is 0 Å². The van der Waals surface area contributed by atoms with Crippen LogP contribution in [-0.4, -0.2) is 17.6 Å². The molecule has 3 N–H and O–H groups in total. The Labute approximate surface area is 115 Å². The molecule has 100 valence electrons. The number of aryl methyl sites for hydroxylation is 1. The van der Waals surface area contributed by atoms with E-state index in [9.17, 15) is 4.79 Å². The molecule has 0 saturated heterocycles. The van der Waals surface area contributed by atoms with Crippen molar-refractivity contribution < 1.29 is 9.53 Å². The van der Waals surface area contributed by atoms with Crippen molar-refractivity contribution in [3.05, 3.63) is 41.2 Å². The van der Waals surface area contributed by atoms with Gasteiger partial charge in [0, 0.05) is 18.9 Å². The van der Waals surface area contributed by atoms with Gasteiger partial charge in [0.25, 0.3) is 5.91 Å². The lowest BCUT2D eigenvalue weighted by molar-refractivity contribution is 0.101. The third-order valence-corrected chi connectivity index (χ3v) is 2.96. The van der Waals surface area contributed by atoms with E-state index in [-0.39, 0.29) is 5.91 Å². The zero-order valence-electron chi connectivity index (χ0n) is 10.6. The predicted octanol–water partition coefficient (Wildman–Crippen LogP) is 2.52. The Bertz CT molecular complexity index is 622. The number of carbonyl (C=O) groups excluding carboxylic acids is 1. The number of benzene rings is 1. The van der Waals surface area contributed by atoms with Gasteiger partial charge in [-0.1, -0.05) is 11.6 Å². The van der Waals surface area contributed by atoms with E-state index in [0.717, 1.165) is 0 Å². The van der Waals surface area contributed by atoms with Crippen LogP contribution in [0.3, 0.4) is 0 Å². The van der Waals surface area contributed by atoms with Gasteiger partial charge in [0.2, 0.25) is 0 Å². The van der Waals surface area contributed by atoms with Crippen molar-refractivity contribution in [2.75, 3.05) is 18.2 Å². The largest absolute Gasteiger partial charge is 0.495 e. The second-order valence-electron chi connectivity index (χ2n) is 4.07. The summed E-state index contributed by atoms with van der Waals surface area (Å²) in [6, 6.07) is 6.65. The molecule has 0 spiro atoms. The molecule has 2 rings (SSSR count). The highest BCUT2D eigenvalue weighted by atomic mass is 35.5. The second kappa shape index (κ2) is 5.24. The van der Waals surface area contributed by atoms with Crippen molar-refractivity contribution in [3.8, 4) is 5.75 Å². The lowest BCUT2D eigenvalue weighted by atomic mass is 10.3. The maximum absolute atomic E-state index is 12.1. The fourth-order valence-electron chi connectivity index (χ4n) is 1.76. The summed E-state index contributed by atoms with van der Waals surface area (Å²) in [5.41, 5.74) is 7.25. The number of ether oxygens (including phenoxy) is 1. The molecule has 5 nitrogen and oxygen atoms in total. The minimum Gasteiger partial charge on any atom is -0.495 e. The number of methoxy groups -OCH3 is 1. The van der Waals surface area contributed by atoms with Crippen LogP contribution >= 0.6 is 11.6 Å². The fraction of sp³-hybridized carbons (Fsp3) is 0.154. The van der Waals surface area contributed by atoms with Crippen molar-refractivity contribution in [3.63, 3.8) is 0 Å². The number of rotatable bonds is 3. The number of halogens is 1. The predicted molar refractivity (Wildman–Crippen MR) is 75.8 cm³/mol. The molecule has 1 amide bonds. The normalized spacial score (nSPS) is 10.3. The first-order valence-electron chi connectivity index (χ1n) is 5.58. The number of nitrogens with one attached hydrogen (secondary N) is 1. The van der Waals surface area contributed by atoms with Crippen LogP contribution in [0.5, 0.6) is 5.75 Å². The van der Waals surface area contributed by atoms with Crippen molar-refractivity contribution in [1.29, 1.82) is 0 Å². The first kappa shape index (κ1) is 13.3. The summed E-state index contributed by atoms with van der Waals surface area (Å²) in [7, 11) is 3.29. The molecule has 0 bridgehead atoms. The van der Waals surface area contributed by atoms with Crippen LogP contribution in [0.2, 0.25) is 5.02 Å². The molecule has 0 atom stereocenters. The highest BCUT2D eigenvalue weighted by molar-refractivity contribution is 6.32. The van der Waals surface area contributed by atoms with Gasteiger partial charge in [0.15, 0.2) is 0 Å². The summed E-state index contributed by atoms with van der Waals surface area (Å²) in [6.07, 6.45) is 1.68. The van der Waals surface area contributed by atoms with Crippen LogP contribution in [0.25, 0.3) is 0 Å². The van der Waals surface area contributed by atoms with Gasteiger partial charge in [0.05, 0.1) is 17.8 Å². The van der Waals surface area contributed by atoms with Gasteiger partial charge in [-0.2, -0.15) is 0 Å². The first-order chi connectivity index (χ1) is 9.01. The van der Waals surface area contributed by atoms with Gasteiger partial charge >= 0.3 is 0 Å². The lowest BCUT2D eigenvalue weighted by Gasteiger charge is -2.08. The number of hydrogen-bond donors (Lipinski definition) is 2. The zero-order valence-corrected chi connectivity index (χ0v) is 11.4. The Morgan fingerprint density at radius 2 is 2.16 bits per heavy atom. The molecular formula is C13H14ClN3O2. The van der Waals surface area contributed by atoms with Crippen molar-refractivity contribution in [2.45, 2.75) is 0 Å². The number of nitrogens with two attached hydrogens (primary N) is 1. The Kier molecular flexibility index (Phi) is 3.66. The SMILES string of the molecule is COc1ccc(NC(=O)c2cc(N)cn2C)cc1Cl. The third-order valence-electron chi connectivity index (χ3n) is 2.67. The molecule has 6 heteroatoms. The Morgan fingerprint density at radius 3 is 2.68 bits per heavy atom.